The van der Waals surface area contributed by atoms with Gasteiger partial charge in [0.25, 0.3) is 5.91 Å². The molecule has 134 valence electrons. The van der Waals surface area contributed by atoms with Gasteiger partial charge >= 0.3 is 0 Å². The smallest absolute Gasteiger partial charge is 0.261 e. The van der Waals surface area contributed by atoms with Gasteiger partial charge in [-0.05, 0) is 28.6 Å². The Kier molecular flexibility index (Phi) is 5.29. The van der Waals surface area contributed by atoms with E-state index in [1.165, 1.54) is 16.9 Å². The second kappa shape index (κ2) is 7.99. The zero-order valence-electron chi connectivity index (χ0n) is 14.6. The quantitative estimate of drug-likeness (QED) is 0.749. The second-order valence-corrected chi connectivity index (χ2v) is 7.62. The van der Waals surface area contributed by atoms with Crippen LogP contribution < -0.4 is 5.32 Å². The molecule has 1 fully saturated rings. The number of nitrogens with one attached hydrogen (secondary N) is 1. The lowest BCUT2D eigenvalue weighted by molar-refractivity contribution is 0.0342. The first-order valence-electron chi connectivity index (χ1n) is 8.93. The number of morpholine rings is 1. The molecule has 0 bridgehead atoms. The van der Waals surface area contributed by atoms with Crippen LogP contribution in [0.2, 0.25) is 0 Å². The van der Waals surface area contributed by atoms with Gasteiger partial charge in [-0.2, -0.15) is 0 Å². The number of amides is 1. The topological polar surface area (TPSA) is 41.6 Å². The van der Waals surface area contributed by atoms with Gasteiger partial charge in [0, 0.05) is 30.9 Å². The van der Waals surface area contributed by atoms with Crippen molar-refractivity contribution in [3.05, 3.63) is 70.6 Å². The molecule has 2 heterocycles. The molecule has 1 saturated heterocycles. The van der Waals surface area contributed by atoms with E-state index in [1.54, 1.807) is 0 Å². The van der Waals surface area contributed by atoms with Gasteiger partial charge in [-0.1, -0.05) is 42.5 Å². The minimum Gasteiger partial charge on any atom is -0.379 e. The standard InChI is InChI=1S/C21H22N2O2S/c24-21(20-13-18-3-1-2-4-19(18)26-20)22-14-16-5-7-17(8-6-16)15-23-9-11-25-12-10-23/h1-8,13H,9-12,14-15H2,(H,22,24). The maximum Gasteiger partial charge on any atom is 0.261 e. The van der Waals surface area contributed by atoms with Gasteiger partial charge in [0.15, 0.2) is 0 Å². The summed E-state index contributed by atoms with van der Waals surface area (Å²) in [6.45, 7) is 5.13. The molecule has 1 amide bonds. The summed E-state index contributed by atoms with van der Waals surface area (Å²) in [6.07, 6.45) is 0. The predicted octanol–water partition coefficient (Wildman–Crippen LogP) is 3.66. The Morgan fingerprint density at radius 1 is 1.04 bits per heavy atom. The van der Waals surface area contributed by atoms with Crippen molar-refractivity contribution in [2.24, 2.45) is 0 Å². The highest BCUT2D eigenvalue weighted by Gasteiger charge is 2.11. The van der Waals surface area contributed by atoms with Crippen LogP contribution in [-0.2, 0) is 17.8 Å². The molecule has 0 saturated carbocycles. The molecule has 2 aromatic carbocycles. The van der Waals surface area contributed by atoms with E-state index in [-0.39, 0.29) is 5.91 Å². The summed E-state index contributed by atoms with van der Waals surface area (Å²) in [6, 6.07) is 18.5. The zero-order chi connectivity index (χ0) is 17.8. The van der Waals surface area contributed by atoms with Crippen LogP contribution in [0.25, 0.3) is 10.1 Å². The number of nitrogens with zero attached hydrogens (tertiary/aromatic N) is 1. The predicted molar refractivity (Wildman–Crippen MR) is 106 cm³/mol. The number of fused-ring (bicyclic) bond motifs is 1. The molecule has 5 heteroatoms. The van der Waals surface area contributed by atoms with Gasteiger partial charge < -0.3 is 10.1 Å². The first kappa shape index (κ1) is 17.2. The number of carbonyl (C=O) groups excluding carboxylic acids is 1. The second-order valence-electron chi connectivity index (χ2n) is 6.54. The number of benzene rings is 2. The number of thiophene rings is 1. The Balaban J connectivity index is 1.33. The molecule has 0 spiro atoms. The van der Waals surface area contributed by atoms with Gasteiger partial charge in [0.2, 0.25) is 0 Å². The van der Waals surface area contributed by atoms with Crippen molar-refractivity contribution >= 4 is 27.3 Å². The van der Waals surface area contributed by atoms with Gasteiger partial charge in [0.1, 0.15) is 0 Å². The van der Waals surface area contributed by atoms with Crippen LogP contribution in [0.15, 0.2) is 54.6 Å². The summed E-state index contributed by atoms with van der Waals surface area (Å²) in [5.74, 6) is -0.0106. The normalized spacial score (nSPS) is 15.2. The lowest BCUT2D eigenvalue weighted by atomic mass is 10.1. The maximum atomic E-state index is 12.4. The van der Waals surface area contributed by atoms with E-state index in [2.05, 4.69) is 34.5 Å². The van der Waals surface area contributed by atoms with E-state index in [9.17, 15) is 4.79 Å². The summed E-state index contributed by atoms with van der Waals surface area (Å²) in [4.78, 5) is 15.6. The highest BCUT2D eigenvalue weighted by molar-refractivity contribution is 7.20. The van der Waals surface area contributed by atoms with E-state index in [0.717, 1.165) is 53.4 Å². The van der Waals surface area contributed by atoms with Gasteiger partial charge in [0.05, 0.1) is 18.1 Å². The molecule has 0 unspecified atom stereocenters. The van der Waals surface area contributed by atoms with Crippen LogP contribution in [0.5, 0.6) is 0 Å². The Bertz CT molecular complexity index is 849. The van der Waals surface area contributed by atoms with Crippen molar-refractivity contribution in [3.8, 4) is 0 Å². The first-order valence-corrected chi connectivity index (χ1v) is 9.74. The Morgan fingerprint density at radius 3 is 2.54 bits per heavy atom. The zero-order valence-corrected chi connectivity index (χ0v) is 15.4. The van der Waals surface area contributed by atoms with E-state index in [4.69, 9.17) is 4.74 Å². The first-order chi connectivity index (χ1) is 12.8. The number of rotatable bonds is 5. The van der Waals surface area contributed by atoms with E-state index in [1.807, 2.05) is 30.3 Å². The molecule has 3 aromatic rings. The van der Waals surface area contributed by atoms with Crippen LogP contribution in [0, 0.1) is 0 Å². The number of hydrogen-bond acceptors (Lipinski definition) is 4. The number of ether oxygens (including phenoxy) is 1. The summed E-state index contributed by atoms with van der Waals surface area (Å²) < 4.78 is 6.53. The van der Waals surface area contributed by atoms with E-state index in [0.29, 0.717) is 6.54 Å². The molecule has 0 radical (unpaired) electrons. The van der Waals surface area contributed by atoms with Crippen LogP contribution >= 0.6 is 11.3 Å². The molecule has 4 nitrogen and oxygen atoms in total. The average molecular weight is 366 g/mol. The fraction of sp³-hybridized carbons (Fsp3) is 0.286. The number of carbonyl (C=O) groups is 1. The van der Waals surface area contributed by atoms with Crippen molar-refractivity contribution in [2.45, 2.75) is 13.1 Å². The number of hydrogen-bond donors (Lipinski definition) is 1. The van der Waals surface area contributed by atoms with Crippen molar-refractivity contribution in [2.75, 3.05) is 26.3 Å². The Labute approximate surface area is 157 Å². The third kappa shape index (κ3) is 4.12. The highest BCUT2D eigenvalue weighted by Crippen LogP contribution is 2.25. The third-order valence-corrected chi connectivity index (χ3v) is 5.75. The molecule has 0 aliphatic carbocycles. The van der Waals surface area contributed by atoms with Crippen LogP contribution in [0.3, 0.4) is 0 Å². The minimum atomic E-state index is -0.0106. The molecule has 4 rings (SSSR count). The van der Waals surface area contributed by atoms with Crippen molar-refractivity contribution in [1.29, 1.82) is 0 Å². The van der Waals surface area contributed by atoms with E-state index >= 15 is 0 Å². The molecular formula is C21H22N2O2S. The van der Waals surface area contributed by atoms with Crippen LogP contribution in [0.4, 0.5) is 0 Å². The third-order valence-electron chi connectivity index (χ3n) is 4.64. The van der Waals surface area contributed by atoms with Crippen LogP contribution in [-0.4, -0.2) is 37.1 Å². The molecule has 26 heavy (non-hydrogen) atoms. The van der Waals surface area contributed by atoms with Crippen molar-refractivity contribution in [3.63, 3.8) is 0 Å². The SMILES string of the molecule is O=C(NCc1ccc(CN2CCOCC2)cc1)c1cc2ccccc2s1. The molecule has 1 aliphatic heterocycles. The minimum absolute atomic E-state index is 0.0106. The molecule has 0 atom stereocenters. The lowest BCUT2D eigenvalue weighted by Crippen LogP contribution is -2.35. The van der Waals surface area contributed by atoms with Gasteiger partial charge in [-0.25, -0.2) is 0 Å². The molecule has 1 N–H and O–H groups in total. The largest absolute Gasteiger partial charge is 0.379 e. The summed E-state index contributed by atoms with van der Waals surface area (Å²) >= 11 is 1.53. The molecular weight excluding hydrogens is 344 g/mol. The summed E-state index contributed by atoms with van der Waals surface area (Å²) in [5, 5.41) is 4.14. The maximum absolute atomic E-state index is 12.4. The summed E-state index contributed by atoms with van der Waals surface area (Å²) in [7, 11) is 0. The van der Waals surface area contributed by atoms with Crippen LogP contribution in [0.1, 0.15) is 20.8 Å². The Hall–Kier alpha value is -2.21. The molecule has 1 aliphatic rings. The fourth-order valence-electron chi connectivity index (χ4n) is 3.14. The average Bonchev–Trinajstić information content (AvgIpc) is 3.12. The van der Waals surface area contributed by atoms with Gasteiger partial charge in [-0.3, -0.25) is 9.69 Å². The van der Waals surface area contributed by atoms with Gasteiger partial charge in [-0.15, -0.1) is 11.3 Å². The molecule has 1 aromatic heterocycles. The van der Waals surface area contributed by atoms with E-state index < -0.39 is 0 Å². The van der Waals surface area contributed by atoms with Crippen molar-refractivity contribution in [1.82, 2.24) is 10.2 Å². The summed E-state index contributed by atoms with van der Waals surface area (Å²) in [5.41, 5.74) is 2.41. The lowest BCUT2D eigenvalue weighted by Gasteiger charge is -2.26. The highest BCUT2D eigenvalue weighted by atomic mass is 32.1. The van der Waals surface area contributed by atoms with Crippen molar-refractivity contribution < 1.29 is 9.53 Å². The monoisotopic (exact) mass is 366 g/mol. The Morgan fingerprint density at radius 2 is 1.77 bits per heavy atom. The fourth-order valence-corrected chi connectivity index (χ4v) is 4.12.